The molecule has 0 fully saturated rings. The molecular formula is C14H17NO4S. The Balaban J connectivity index is 2.04. The fraction of sp³-hybridized carbons (Fsp3) is 0.357. The lowest BCUT2D eigenvalue weighted by molar-refractivity contribution is 0.0665. The number of nitrogens with one attached hydrogen (secondary N) is 1. The molecule has 0 aliphatic rings. The molecule has 5 nitrogen and oxygen atoms in total. The molecule has 0 spiro atoms. The summed E-state index contributed by atoms with van der Waals surface area (Å²) in [5, 5.41) is 13.0. The van der Waals surface area contributed by atoms with Crippen molar-refractivity contribution in [3.63, 3.8) is 0 Å². The highest BCUT2D eigenvalue weighted by Crippen LogP contribution is 2.20. The van der Waals surface area contributed by atoms with E-state index >= 15 is 0 Å². The van der Waals surface area contributed by atoms with Crippen LogP contribution < -0.4 is 5.32 Å². The number of fused-ring (bicyclic) bond motifs is 1. The molecule has 2 atom stereocenters. The number of carboxylic acid groups (broad SMARTS) is 1. The van der Waals surface area contributed by atoms with Gasteiger partial charge >= 0.3 is 5.97 Å². The fourth-order valence-electron chi connectivity index (χ4n) is 1.85. The van der Waals surface area contributed by atoms with Crippen LogP contribution in [-0.2, 0) is 17.3 Å². The van der Waals surface area contributed by atoms with Gasteiger partial charge in [-0.15, -0.1) is 0 Å². The summed E-state index contributed by atoms with van der Waals surface area (Å²) in [7, 11) is -0.835. The maximum atomic E-state index is 11.2. The second kappa shape index (κ2) is 6.19. The normalized spacial score (nSPS) is 14.3. The zero-order valence-corrected chi connectivity index (χ0v) is 12.2. The molecule has 0 aliphatic carbocycles. The van der Waals surface area contributed by atoms with E-state index in [1.807, 2.05) is 19.1 Å². The van der Waals surface area contributed by atoms with Crippen molar-refractivity contribution in [3.8, 4) is 0 Å². The van der Waals surface area contributed by atoms with Gasteiger partial charge in [-0.2, -0.15) is 0 Å². The molecule has 0 saturated carbocycles. The predicted octanol–water partition coefficient (Wildman–Crippen LogP) is 1.99. The Labute approximate surface area is 119 Å². The van der Waals surface area contributed by atoms with Gasteiger partial charge in [-0.3, -0.25) is 4.21 Å². The lowest BCUT2D eigenvalue weighted by Gasteiger charge is -2.09. The van der Waals surface area contributed by atoms with Crippen LogP contribution in [0.5, 0.6) is 0 Å². The Hall–Kier alpha value is -1.66. The number of rotatable bonds is 6. The topological polar surface area (TPSA) is 79.5 Å². The van der Waals surface area contributed by atoms with Gasteiger partial charge in [0.25, 0.3) is 0 Å². The Morgan fingerprint density at radius 2 is 2.20 bits per heavy atom. The molecule has 0 amide bonds. The molecule has 2 aromatic rings. The summed E-state index contributed by atoms with van der Waals surface area (Å²) >= 11 is 0. The number of hydrogen-bond donors (Lipinski definition) is 2. The molecule has 0 radical (unpaired) electrons. The predicted molar refractivity (Wildman–Crippen MR) is 78.4 cm³/mol. The van der Waals surface area contributed by atoms with E-state index in [9.17, 15) is 9.00 Å². The average Bonchev–Trinajstić information content (AvgIpc) is 2.81. The molecule has 2 N–H and O–H groups in total. The third-order valence-electron chi connectivity index (χ3n) is 3.12. The number of furan rings is 1. The summed E-state index contributed by atoms with van der Waals surface area (Å²) in [4.78, 5) is 10.8. The molecule has 2 unspecified atom stereocenters. The van der Waals surface area contributed by atoms with Crippen LogP contribution >= 0.6 is 0 Å². The molecule has 6 heteroatoms. The van der Waals surface area contributed by atoms with Crippen molar-refractivity contribution in [1.29, 1.82) is 0 Å². The van der Waals surface area contributed by atoms with E-state index in [2.05, 4.69) is 5.32 Å². The van der Waals surface area contributed by atoms with Gasteiger partial charge in [-0.1, -0.05) is 6.07 Å². The molecule has 0 aliphatic heterocycles. The first-order valence-electron chi connectivity index (χ1n) is 6.26. The van der Waals surface area contributed by atoms with E-state index in [0.717, 1.165) is 10.9 Å². The summed E-state index contributed by atoms with van der Waals surface area (Å²) in [6, 6.07) is 7.06. The summed E-state index contributed by atoms with van der Waals surface area (Å²) in [5.74, 6) is -1.12. The zero-order valence-electron chi connectivity index (χ0n) is 11.4. The van der Waals surface area contributed by atoms with Gasteiger partial charge in [0.15, 0.2) is 0 Å². The molecule has 108 valence electrons. The van der Waals surface area contributed by atoms with Gasteiger partial charge in [0.05, 0.1) is 0 Å². The van der Waals surface area contributed by atoms with Crippen molar-refractivity contribution in [3.05, 3.63) is 35.6 Å². The summed E-state index contributed by atoms with van der Waals surface area (Å²) in [6.45, 7) is 3.25. The standard InChI is InChI=1S/C14H17NO4S/c1-9(20(2)18)7-15-8-10-3-4-12-11(5-10)6-13(19-12)14(16)17/h3-6,9,15H,7-8H2,1-2H3,(H,16,17). The number of aromatic carboxylic acids is 1. The first-order chi connectivity index (χ1) is 9.47. The lowest BCUT2D eigenvalue weighted by Crippen LogP contribution is -2.27. The highest BCUT2D eigenvalue weighted by Gasteiger charge is 2.10. The Bertz CT molecular complexity index is 650. The van der Waals surface area contributed by atoms with Gasteiger partial charge < -0.3 is 14.8 Å². The van der Waals surface area contributed by atoms with E-state index in [1.54, 1.807) is 12.3 Å². The summed E-state index contributed by atoms with van der Waals surface area (Å²) in [6.07, 6.45) is 1.69. The summed E-state index contributed by atoms with van der Waals surface area (Å²) < 4.78 is 16.4. The zero-order chi connectivity index (χ0) is 14.7. The summed E-state index contributed by atoms with van der Waals surface area (Å²) in [5.41, 5.74) is 1.60. The number of hydrogen-bond acceptors (Lipinski definition) is 4. The number of benzene rings is 1. The van der Waals surface area contributed by atoms with Crippen LogP contribution in [0, 0.1) is 0 Å². The first kappa shape index (κ1) is 14.7. The minimum Gasteiger partial charge on any atom is -0.475 e. The molecule has 20 heavy (non-hydrogen) atoms. The molecule has 0 saturated heterocycles. The van der Waals surface area contributed by atoms with Crippen molar-refractivity contribution < 1.29 is 18.5 Å². The van der Waals surface area contributed by atoms with E-state index < -0.39 is 16.8 Å². The quantitative estimate of drug-likeness (QED) is 0.852. The largest absolute Gasteiger partial charge is 0.475 e. The Kier molecular flexibility index (Phi) is 4.57. The van der Waals surface area contributed by atoms with Crippen LogP contribution in [0.25, 0.3) is 11.0 Å². The van der Waals surface area contributed by atoms with Gasteiger partial charge in [-0.05, 0) is 30.7 Å². The molecule has 2 rings (SSSR count). The highest BCUT2D eigenvalue weighted by molar-refractivity contribution is 7.84. The maximum Gasteiger partial charge on any atom is 0.371 e. The second-order valence-electron chi connectivity index (χ2n) is 4.73. The Morgan fingerprint density at radius 1 is 1.45 bits per heavy atom. The van der Waals surface area contributed by atoms with Crippen LogP contribution in [0.4, 0.5) is 0 Å². The van der Waals surface area contributed by atoms with Gasteiger partial charge in [0.2, 0.25) is 5.76 Å². The maximum absolute atomic E-state index is 11.2. The minimum absolute atomic E-state index is 0.0555. The van der Waals surface area contributed by atoms with Crippen LogP contribution in [0.1, 0.15) is 23.0 Å². The lowest BCUT2D eigenvalue weighted by atomic mass is 10.1. The van der Waals surface area contributed by atoms with E-state index in [1.165, 1.54) is 6.07 Å². The fourth-order valence-corrected chi connectivity index (χ4v) is 2.20. The van der Waals surface area contributed by atoms with Gasteiger partial charge in [-0.25, -0.2) is 4.79 Å². The van der Waals surface area contributed by atoms with Crippen molar-refractivity contribution in [2.45, 2.75) is 18.7 Å². The Morgan fingerprint density at radius 3 is 2.85 bits per heavy atom. The molecule has 1 heterocycles. The van der Waals surface area contributed by atoms with Crippen molar-refractivity contribution in [2.24, 2.45) is 0 Å². The van der Waals surface area contributed by atoms with Crippen molar-refractivity contribution in [2.75, 3.05) is 12.8 Å². The van der Waals surface area contributed by atoms with Crippen LogP contribution in [-0.4, -0.2) is 33.3 Å². The molecular weight excluding hydrogens is 278 g/mol. The van der Waals surface area contributed by atoms with Crippen LogP contribution in [0.15, 0.2) is 28.7 Å². The molecule has 1 aromatic carbocycles. The molecule has 1 aromatic heterocycles. The first-order valence-corrected chi connectivity index (χ1v) is 7.88. The van der Waals surface area contributed by atoms with Gasteiger partial charge in [0.1, 0.15) is 5.58 Å². The monoisotopic (exact) mass is 295 g/mol. The second-order valence-corrected chi connectivity index (χ2v) is 6.53. The van der Waals surface area contributed by atoms with Crippen LogP contribution in [0.2, 0.25) is 0 Å². The number of carboxylic acids is 1. The van der Waals surface area contributed by atoms with E-state index in [-0.39, 0.29) is 11.0 Å². The molecule has 0 bridgehead atoms. The SMILES string of the molecule is CC(CNCc1ccc2oc(C(=O)O)cc2c1)S(C)=O. The average molecular weight is 295 g/mol. The third kappa shape index (κ3) is 3.46. The van der Waals surface area contributed by atoms with Crippen molar-refractivity contribution >= 4 is 27.7 Å². The number of carbonyl (C=O) groups is 1. The minimum atomic E-state index is -1.07. The van der Waals surface area contributed by atoms with E-state index in [4.69, 9.17) is 9.52 Å². The van der Waals surface area contributed by atoms with E-state index in [0.29, 0.717) is 18.7 Å². The van der Waals surface area contributed by atoms with Crippen LogP contribution in [0.3, 0.4) is 0 Å². The highest BCUT2D eigenvalue weighted by atomic mass is 32.2. The third-order valence-corrected chi connectivity index (χ3v) is 4.42. The van der Waals surface area contributed by atoms with Crippen molar-refractivity contribution in [1.82, 2.24) is 5.32 Å². The van der Waals surface area contributed by atoms with Gasteiger partial charge in [0, 0.05) is 40.8 Å². The smallest absolute Gasteiger partial charge is 0.371 e.